The third kappa shape index (κ3) is 6.06. The molecule has 1 unspecified atom stereocenters. The van der Waals surface area contributed by atoms with E-state index in [1.54, 1.807) is 0 Å². The Morgan fingerprint density at radius 3 is 2.38 bits per heavy atom. The molecule has 0 aromatic heterocycles. The Kier molecular flexibility index (Phi) is 5.82. The fourth-order valence-corrected chi connectivity index (χ4v) is 0.590. The number of carbonyl (C=O) groups excluding carboxylic acids is 2. The SMILES string of the molecule is CC(=O)OC(CO)COC(=O)CO. The lowest BCUT2D eigenvalue weighted by molar-refractivity contribution is -0.161. The third-order valence-corrected chi connectivity index (χ3v) is 1.10. The molecule has 0 saturated carbocycles. The normalized spacial score (nSPS) is 11.9. The van der Waals surface area contributed by atoms with Crippen molar-refractivity contribution in [2.45, 2.75) is 13.0 Å². The van der Waals surface area contributed by atoms with Crippen LogP contribution in [0.3, 0.4) is 0 Å². The van der Waals surface area contributed by atoms with Crippen molar-refractivity contribution < 1.29 is 29.3 Å². The van der Waals surface area contributed by atoms with Gasteiger partial charge in [0.2, 0.25) is 0 Å². The van der Waals surface area contributed by atoms with Crippen molar-refractivity contribution in [3.63, 3.8) is 0 Å². The first-order valence-electron chi connectivity index (χ1n) is 3.64. The van der Waals surface area contributed by atoms with Crippen molar-refractivity contribution in [2.75, 3.05) is 19.8 Å². The molecule has 0 spiro atoms. The van der Waals surface area contributed by atoms with Crippen LogP contribution in [0, 0.1) is 0 Å². The lowest BCUT2D eigenvalue weighted by atomic mass is 10.4. The Balaban J connectivity index is 3.71. The topological polar surface area (TPSA) is 93.1 Å². The standard InChI is InChI=1S/C7H12O6/c1-5(10)13-6(2-8)4-12-7(11)3-9/h6,8-9H,2-4H2,1H3. The van der Waals surface area contributed by atoms with Gasteiger partial charge < -0.3 is 19.7 Å². The molecule has 6 nitrogen and oxygen atoms in total. The van der Waals surface area contributed by atoms with E-state index in [1.165, 1.54) is 6.92 Å². The van der Waals surface area contributed by atoms with Crippen molar-refractivity contribution in [3.8, 4) is 0 Å². The van der Waals surface area contributed by atoms with Gasteiger partial charge in [-0.15, -0.1) is 0 Å². The summed E-state index contributed by atoms with van der Waals surface area (Å²) in [6.07, 6.45) is -0.868. The van der Waals surface area contributed by atoms with Crippen LogP contribution in [0.1, 0.15) is 6.92 Å². The minimum absolute atomic E-state index is 0.254. The number of aliphatic hydroxyl groups excluding tert-OH is 2. The van der Waals surface area contributed by atoms with Gasteiger partial charge in [0.1, 0.15) is 13.2 Å². The zero-order chi connectivity index (χ0) is 10.3. The van der Waals surface area contributed by atoms with Gasteiger partial charge in [-0.3, -0.25) is 4.79 Å². The molecular weight excluding hydrogens is 180 g/mol. The number of aliphatic hydroxyl groups is 2. The van der Waals surface area contributed by atoms with Gasteiger partial charge in [-0.25, -0.2) is 4.79 Å². The van der Waals surface area contributed by atoms with E-state index in [4.69, 9.17) is 10.2 Å². The van der Waals surface area contributed by atoms with E-state index in [0.29, 0.717) is 0 Å². The molecule has 76 valence electrons. The quantitative estimate of drug-likeness (QED) is 0.512. The number of rotatable bonds is 5. The van der Waals surface area contributed by atoms with E-state index < -0.39 is 31.3 Å². The number of hydrogen-bond acceptors (Lipinski definition) is 6. The number of carbonyl (C=O) groups is 2. The fourth-order valence-electron chi connectivity index (χ4n) is 0.590. The molecule has 0 aliphatic heterocycles. The molecule has 6 heteroatoms. The Morgan fingerprint density at radius 1 is 1.38 bits per heavy atom. The first kappa shape index (κ1) is 11.9. The van der Waals surface area contributed by atoms with Crippen molar-refractivity contribution >= 4 is 11.9 Å². The minimum atomic E-state index is -0.868. The molecule has 0 amide bonds. The van der Waals surface area contributed by atoms with E-state index in [-0.39, 0.29) is 6.61 Å². The predicted octanol–water partition coefficient (Wildman–Crippen LogP) is -1.55. The van der Waals surface area contributed by atoms with Crippen LogP contribution in [-0.4, -0.2) is 48.1 Å². The van der Waals surface area contributed by atoms with Crippen LogP contribution in [0.4, 0.5) is 0 Å². The van der Waals surface area contributed by atoms with Gasteiger partial charge >= 0.3 is 11.9 Å². The van der Waals surface area contributed by atoms with Crippen LogP contribution in [0.25, 0.3) is 0 Å². The smallest absolute Gasteiger partial charge is 0.331 e. The summed E-state index contributed by atoms with van der Waals surface area (Å²) in [4.78, 5) is 20.8. The van der Waals surface area contributed by atoms with E-state index >= 15 is 0 Å². The molecule has 0 aromatic rings. The van der Waals surface area contributed by atoms with Gasteiger partial charge in [0, 0.05) is 6.92 Å². The third-order valence-electron chi connectivity index (χ3n) is 1.10. The molecule has 0 saturated heterocycles. The summed E-state index contributed by atoms with van der Waals surface area (Å²) in [7, 11) is 0. The molecule has 0 aliphatic rings. The molecule has 0 fully saturated rings. The van der Waals surface area contributed by atoms with Crippen LogP contribution in [0.15, 0.2) is 0 Å². The maximum absolute atomic E-state index is 10.4. The van der Waals surface area contributed by atoms with Crippen molar-refractivity contribution in [1.82, 2.24) is 0 Å². The van der Waals surface area contributed by atoms with Gasteiger partial charge in [-0.2, -0.15) is 0 Å². The average molecular weight is 192 g/mol. The maximum Gasteiger partial charge on any atom is 0.331 e. The highest BCUT2D eigenvalue weighted by molar-refractivity contribution is 5.70. The molecule has 0 heterocycles. The first-order chi connectivity index (χ1) is 6.10. The Morgan fingerprint density at radius 2 is 2.00 bits per heavy atom. The molecular formula is C7H12O6. The highest BCUT2D eigenvalue weighted by atomic mass is 16.6. The summed E-state index contributed by atoms with van der Waals surface area (Å²) in [5, 5.41) is 16.9. The zero-order valence-corrected chi connectivity index (χ0v) is 7.23. The number of hydrogen-bond donors (Lipinski definition) is 2. The molecule has 0 radical (unpaired) electrons. The molecule has 2 N–H and O–H groups in total. The van der Waals surface area contributed by atoms with Crippen molar-refractivity contribution in [3.05, 3.63) is 0 Å². The Bertz CT molecular complexity index is 178. The monoisotopic (exact) mass is 192 g/mol. The van der Waals surface area contributed by atoms with Gasteiger partial charge in [0.15, 0.2) is 6.10 Å². The van der Waals surface area contributed by atoms with Crippen LogP contribution in [0.5, 0.6) is 0 Å². The molecule has 0 aromatic carbocycles. The van der Waals surface area contributed by atoms with E-state index in [9.17, 15) is 9.59 Å². The fraction of sp³-hybridized carbons (Fsp3) is 0.714. The lowest BCUT2D eigenvalue weighted by Crippen LogP contribution is -2.28. The van der Waals surface area contributed by atoms with E-state index in [0.717, 1.165) is 0 Å². The minimum Gasteiger partial charge on any atom is -0.460 e. The van der Waals surface area contributed by atoms with Crippen molar-refractivity contribution in [1.29, 1.82) is 0 Å². The van der Waals surface area contributed by atoms with E-state index in [2.05, 4.69) is 9.47 Å². The predicted molar refractivity (Wildman–Crippen MR) is 40.7 cm³/mol. The second-order valence-electron chi connectivity index (χ2n) is 2.26. The Labute approximate surface area is 75.1 Å². The maximum atomic E-state index is 10.4. The second kappa shape index (κ2) is 6.38. The largest absolute Gasteiger partial charge is 0.460 e. The number of ether oxygens (including phenoxy) is 2. The first-order valence-corrected chi connectivity index (χ1v) is 3.64. The summed E-state index contributed by atoms with van der Waals surface area (Å²) >= 11 is 0. The zero-order valence-electron chi connectivity index (χ0n) is 7.23. The summed E-state index contributed by atoms with van der Waals surface area (Å²) < 4.78 is 8.97. The van der Waals surface area contributed by atoms with Crippen LogP contribution in [0.2, 0.25) is 0 Å². The molecule has 13 heavy (non-hydrogen) atoms. The lowest BCUT2D eigenvalue weighted by Gasteiger charge is -2.13. The summed E-state index contributed by atoms with van der Waals surface area (Å²) in [6, 6.07) is 0. The van der Waals surface area contributed by atoms with Crippen molar-refractivity contribution in [2.24, 2.45) is 0 Å². The average Bonchev–Trinajstić information content (AvgIpc) is 2.10. The second-order valence-corrected chi connectivity index (χ2v) is 2.26. The van der Waals surface area contributed by atoms with Gasteiger partial charge in [0.05, 0.1) is 6.61 Å². The van der Waals surface area contributed by atoms with Crippen LogP contribution < -0.4 is 0 Å². The number of esters is 2. The molecule has 0 rings (SSSR count). The van der Waals surface area contributed by atoms with E-state index in [1.807, 2.05) is 0 Å². The molecule has 0 bridgehead atoms. The Hall–Kier alpha value is -1.14. The highest BCUT2D eigenvalue weighted by Gasteiger charge is 2.12. The highest BCUT2D eigenvalue weighted by Crippen LogP contribution is 1.93. The van der Waals surface area contributed by atoms with Gasteiger partial charge in [-0.05, 0) is 0 Å². The van der Waals surface area contributed by atoms with Gasteiger partial charge in [-0.1, -0.05) is 0 Å². The summed E-state index contributed by atoms with van der Waals surface area (Å²) in [6.45, 7) is -0.248. The van der Waals surface area contributed by atoms with Crippen LogP contribution in [-0.2, 0) is 19.1 Å². The summed E-state index contributed by atoms with van der Waals surface area (Å²) in [5.41, 5.74) is 0. The van der Waals surface area contributed by atoms with Gasteiger partial charge in [0.25, 0.3) is 0 Å². The summed E-state index contributed by atoms with van der Waals surface area (Å²) in [5.74, 6) is -1.40. The molecule has 0 aliphatic carbocycles. The van der Waals surface area contributed by atoms with Crippen LogP contribution >= 0.6 is 0 Å². The molecule has 1 atom stereocenters.